The minimum atomic E-state index is -2.55. The summed E-state index contributed by atoms with van der Waals surface area (Å²) in [5, 5.41) is 326. The molecule has 116 heavy (non-hydrogen) atoms. The molecule has 10 rings (SSSR count). The second-order valence-corrected chi connectivity index (χ2v) is 29.5. The summed E-state index contributed by atoms with van der Waals surface area (Å²) in [6, 6.07) is -3.59. The first kappa shape index (κ1) is 95.3. The van der Waals surface area contributed by atoms with E-state index in [4.69, 9.17) is 90.0 Å². The summed E-state index contributed by atoms with van der Waals surface area (Å²) in [6.07, 6.45) is -102. The molecule has 10 saturated heterocycles. The number of amides is 2. The van der Waals surface area contributed by atoms with Crippen molar-refractivity contribution in [2.24, 2.45) is 0 Å². The minimum Gasteiger partial charge on any atom is -0.394 e. The maximum absolute atomic E-state index is 13.0. The van der Waals surface area contributed by atoms with Gasteiger partial charge in [0.1, 0.15) is 238 Å². The van der Waals surface area contributed by atoms with Crippen molar-refractivity contribution in [2.45, 2.75) is 328 Å². The molecule has 50 atom stereocenters. The number of ether oxygens (including phenoxy) is 19. The Morgan fingerprint density at radius 2 is 0.517 bits per heavy atom. The van der Waals surface area contributed by atoms with Crippen molar-refractivity contribution in [1.82, 2.24) is 10.6 Å². The van der Waals surface area contributed by atoms with Crippen LogP contribution in [0, 0.1) is 0 Å². The standard InChI is InChI=1S/C64H108N2O50/c1-13-27(76)40(89)53(115-59-44(93)38(87)29(78)17(5-68)103-59)63(100-13)112-51-34(83)24(109-61(47(51)96)111-49-22(10-73)107-56(26(36(49)85)66-15(3)75)110-48-21(9-72)101-55(97)25(35(48)84)65-14(2)74)11-98-57-46(95)50(113-64-54(42(91)32(81)20(8-71)106-64)116-60-45(94)39(88)30(79)18(6-69)104-60)33(82)23(108-57)12-99-62-52(41(90)31(80)19(7-70)105-62)114-58-43(92)37(86)28(77)16(4-67)102-58/h13,16-64,67-73,76-97H,4-12H2,1-3H3,(H,65,74)(H,66,75)/t13-,16-,17-,18-,19-,20-,21-,22-,23-,24-,25-,26-,27-,28-,29-,30-,31-,32-,33-,34-,35-,36-,37+,38+,39+,40+,41+,42+,43+,44+,45+,46+,47+,48-,49-,50+,51+,52+,53+,54+,55-,56+,57+,58-,59-,60-,61+,62+,63-,64-/m1/s1. The van der Waals surface area contributed by atoms with Gasteiger partial charge in [0.15, 0.2) is 62.9 Å². The van der Waals surface area contributed by atoms with E-state index in [1.165, 1.54) is 6.92 Å². The third-order valence-corrected chi connectivity index (χ3v) is 21.6. The van der Waals surface area contributed by atoms with Crippen LogP contribution in [0.4, 0.5) is 0 Å². The van der Waals surface area contributed by atoms with Crippen LogP contribution in [0.5, 0.6) is 0 Å². The van der Waals surface area contributed by atoms with Gasteiger partial charge in [-0.2, -0.15) is 0 Å². The SMILES string of the molecule is CC(=O)N[C@@H]1[C@@H](O)[C@H](O[C@@H]2O[C@H](CO)[C@@H](O[C@@H]3O[C@H](CO[C@H]4O[C@H](CO[C@H]5O[C@H](CO)[C@@H](O)[C@H](O)[C@@H]5O[C@H]5O[C@H](CO)[C@@H](O)[C@H](O)[C@@H]5O)[C@@H](O)[C@H](O[C@H]5O[C@H](CO)[C@@H](O)[C@H](O)[C@@H]5O[C@H]5O[C@H](CO)[C@@H](O)[C@H](O)[C@@H]5O)[C@@H]4O)[C@@H](O)[C@H](O[C@H]4O[C@H](C)[C@@H](O)[C@H](O)[C@@H]4O[C@H]4O[C@H](CO)[C@@H](O)[C@H](O)[C@@H]4O)[C@@H]3O)[C@H](O)[C@H]2NC(C)=O)[C@@H](CO)O[C@H]1O. The van der Waals surface area contributed by atoms with Crippen LogP contribution < -0.4 is 10.6 Å². The summed E-state index contributed by atoms with van der Waals surface area (Å²) >= 11 is 0. The summed E-state index contributed by atoms with van der Waals surface area (Å²) in [6.45, 7) is -6.82. The van der Waals surface area contributed by atoms with Crippen LogP contribution >= 0.6 is 0 Å². The second-order valence-electron chi connectivity index (χ2n) is 29.5. The molecule has 0 bridgehead atoms. The number of aliphatic hydroxyl groups is 29. The zero-order valence-electron chi connectivity index (χ0n) is 61.8. The van der Waals surface area contributed by atoms with Crippen LogP contribution in [0.25, 0.3) is 0 Å². The van der Waals surface area contributed by atoms with Gasteiger partial charge >= 0.3 is 0 Å². The average Bonchev–Trinajstić information content (AvgIpc) is 0.772. The topological polar surface area (TPSA) is 820 Å². The smallest absolute Gasteiger partial charge is 0.217 e. The van der Waals surface area contributed by atoms with Gasteiger partial charge in [-0.3, -0.25) is 9.59 Å². The lowest BCUT2D eigenvalue weighted by atomic mass is 9.94. The zero-order chi connectivity index (χ0) is 85.2. The van der Waals surface area contributed by atoms with E-state index in [1.54, 1.807) is 0 Å². The van der Waals surface area contributed by atoms with Gasteiger partial charge in [0.2, 0.25) is 11.8 Å². The van der Waals surface area contributed by atoms with E-state index in [2.05, 4.69) is 10.6 Å². The molecule has 2 amide bonds. The number of rotatable bonds is 29. The summed E-state index contributed by atoms with van der Waals surface area (Å²) in [7, 11) is 0. The normalized spacial score (nSPS) is 51.8. The molecule has 0 unspecified atom stereocenters. The molecular formula is C64H108N2O50. The number of carbonyl (C=O) groups excluding carboxylic acids is 2. The number of aliphatic hydroxyl groups excluding tert-OH is 29. The van der Waals surface area contributed by atoms with Crippen molar-refractivity contribution in [3.05, 3.63) is 0 Å². The van der Waals surface area contributed by atoms with Crippen LogP contribution in [-0.2, 0) is 99.6 Å². The van der Waals surface area contributed by atoms with Crippen LogP contribution in [-0.4, -0.2) is 526 Å². The van der Waals surface area contributed by atoms with E-state index in [1.807, 2.05) is 0 Å². The van der Waals surface area contributed by atoms with Gasteiger partial charge < -0.3 is 249 Å². The fourth-order valence-electron chi connectivity index (χ4n) is 14.9. The van der Waals surface area contributed by atoms with Crippen molar-refractivity contribution in [3.63, 3.8) is 0 Å². The molecule has 10 fully saturated rings. The molecule has 0 saturated carbocycles. The lowest BCUT2D eigenvalue weighted by Gasteiger charge is -2.51. The molecule has 0 aliphatic carbocycles. The Morgan fingerprint density at radius 3 is 0.931 bits per heavy atom. The fraction of sp³-hybridized carbons (Fsp3) is 0.969. The third-order valence-electron chi connectivity index (χ3n) is 21.6. The highest BCUT2D eigenvalue weighted by atomic mass is 16.8. The Hall–Kier alpha value is -2.98. The first-order valence-corrected chi connectivity index (χ1v) is 37.0. The number of carbonyl (C=O) groups is 2. The molecule has 0 spiro atoms. The van der Waals surface area contributed by atoms with E-state index in [9.17, 15) is 158 Å². The zero-order valence-corrected chi connectivity index (χ0v) is 61.8. The Labute approximate surface area is 655 Å². The maximum Gasteiger partial charge on any atom is 0.217 e. The van der Waals surface area contributed by atoms with E-state index in [-0.39, 0.29) is 0 Å². The highest BCUT2D eigenvalue weighted by Gasteiger charge is 2.61. The molecular weight excluding hydrogens is 1600 g/mol. The maximum atomic E-state index is 13.0. The van der Waals surface area contributed by atoms with Crippen LogP contribution in [0.1, 0.15) is 20.8 Å². The molecule has 52 nitrogen and oxygen atoms in total. The Kier molecular flexibility index (Phi) is 33.8. The minimum absolute atomic E-state index is 0.793. The molecule has 0 aromatic heterocycles. The number of hydrogen-bond acceptors (Lipinski definition) is 50. The van der Waals surface area contributed by atoms with Crippen LogP contribution in [0.2, 0.25) is 0 Å². The molecule has 674 valence electrons. The predicted molar refractivity (Wildman–Crippen MR) is 351 cm³/mol. The van der Waals surface area contributed by atoms with Crippen LogP contribution in [0.15, 0.2) is 0 Å². The second kappa shape index (κ2) is 41.2. The molecule has 10 heterocycles. The first-order valence-electron chi connectivity index (χ1n) is 37.0. The fourth-order valence-corrected chi connectivity index (χ4v) is 14.9. The molecule has 52 heteroatoms. The number of hydrogen-bond donors (Lipinski definition) is 31. The van der Waals surface area contributed by atoms with E-state index in [0.29, 0.717) is 0 Å². The van der Waals surface area contributed by atoms with Gasteiger partial charge in [-0.15, -0.1) is 0 Å². The monoisotopic (exact) mass is 1700 g/mol. The van der Waals surface area contributed by atoms with E-state index in [0.717, 1.165) is 13.8 Å². The largest absolute Gasteiger partial charge is 0.394 e. The van der Waals surface area contributed by atoms with Crippen molar-refractivity contribution in [1.29, 1.82) is 0 Å². The van der Waals surface area contributed by atoms with Gasteiger partial charge in [-0.1, -0.05) is 0 Å². The van der Waals surface area contributed by atoms with Crippen molar-refractivity contribution in [2.75, 3.05) is 59.5 Å². The Balaban J connectivity index is 1.00. The quantitative estimate of drug-likeness (QED) is 0.0331. The predicted octanol–water partition coefficient (Wildman–Crippen LogP) is -21.5. The van der Waals surface area contributed by atoms with Crippen molar-refractivity contribution < 1.29 is 248 Å². The Morgan fingerprint density at radius 1 is 0.241 bits per heavy atom. The number of nitrogens with one attached hydrogen (secondary N) is 2. The molecule has 10 aliphatic rings. The molecule has 0 radical (unpaired) electrons. The average molecular weight is 1710 g/mol. The van der Waals surface area contributed by atoms with Crippen LogP contribution in [0.3, 0.4) is 0 Å². The van der Waals surface area contributed by atoms with Crippen molar-refractivity contribution in [3.8, 4) is 0 Å². The summed E-state index contributed by atoms with van der Waals surface area (Å²) in [4.78, 5) is 25.2. The van der Waals surface area contributed by atoms with Gasteiger partial charge in [-0.05, 0) is 6.92 Å². The summed E-state index contributed by atoms with van der Waals surface area (Å²) in [5.74, 6) is -1.74. The first-order chi connectivity index (χ1) is 54.9. The van der Waals surface area contributed by atoms with E-state index < -0.39 is 378 Å². The summed E-state index contributed by atoms with van der Waals surface area (Å²) < 4.78 is 112. The van der Waals surface area contributed by atoms with Gasteiger partial charge in [-0.25, -0.2) is 0 Å². The third kappa shape index (κ3) is 20.3. The highest BCUT2D eigenvalue weighted by molar-refractivity contribution is 5.73. The van der Waals surface area contributed by atoms with Gasteiger partial charge in [0.05, 0.1) is 65.6 Å². The molecule has 0 aromatic carbocycles. The molecule has 31 N–H and O–H groups in total. The lowest BCUT2D eigenvalue weighted by molar-refractivity contribution is -0.400. The Bertz CT molecular complexity index is 3030. The van der Waals surface area contributed by atoms with Gasteiger partial charge in [0, 0.05) is 13.8 Å². The molecule has 10 aliphatic heterocycles. The van der Waals surface area contributed by atoms with E-state index >= 15 is 0 Å². The lowest BCUT2D eigenvalue weighted by Crippen LogP contribution is -2.70. The molecule has 0 aromatic rings. The highest BCUT2D eigenvalue weighted by Crippen LogP contribution is 2.40. The van der Waals surface area contributed by atoms with Crippen molar-refractivity contribution >= 4 is 11.8 Å². The summed E-state index contributed by atoms with van der Waals surface area (Å²) in [5.41, 5.74) is 0. The van der Waals surface area contributed by atoms with Gasteiger partial charge in [0.25, 0.3) is 0 Å².